The van der Waals surface area contributed by atoms with E-state index in [1.807, 2.05) is 7.05 Å². The molecule has 4 heteroatoms. The predicted octanol–water partition coefficient (Wildman–Crippen LogP) is -3.35. The zero-order valence-corrected chi connectivity index (χ0v) is 9.86. The van der Waals surface area contributed by atoms with Crippen LogP contribution in [0, 0.1) is 0 Å². The molecule has 0 atom stereocenters. The first kappa shape index (κ1) is 13.6. The molecule has 0 rings (SSSR count). The average Bonchev–Trinajstić information content (AvgIpc) is 1.89. The van der Waals surface area contributed by atoms with Crippen molar-refractivity contribution in [2.45, 2.75) is 12.8 Å². The zero-order chi connectivity index (χ0) is 6.95. The Kier molecular flexibility index (Phi) is 17.3. The Morgan fingerprint density at radius 1 is 1.30 bits per heavy atom. The number of carbonyl (C=O) groups excluding carboxylic acids is 1. The van der Waals surface area contributed by atoms with Crippen molar-refractivity contribution in [3.05, 3.63) is 0 Å². The van der Waals surface area contributed by atoms with Gasteiger partial charge in [-0.3, -0.25) is 0 Å². The number of hydrogen-bond acceptors (Lipinski definition) is 2. The average molecular weight is 168 g/mol. The second-order valence-corrected chi connectivity index (χ2v) is 1.84. The van der Waals surface area contributed by atoms with E-state index in [0.717, 1.165) is 25.9 Å². The number of rotatable bonds is 6. The van der Waals surface area contributed by atoms with Gasteiger partial charge >= 0.3 is 51.4 Å². The van der Waals surface area contributed by atoms with Crippen LogP contribution >= 0.6 is 0 Å². The summed E-state index contributed by atoms with van der Waals surface area (Å²) in [6, 6.07) is 0. The van der Waals surface area contributed by atoms with Gasteiger partial charge < -0.3 is 15.4 Å². The summed E-state index contributed by atoms with van der Waals surface area (Å²) in [6.07, 6.45) is 3.75. The smallest absolute Gasteiger partial charge is 0.530 e. The second-order valence-electron chi connectivity index (χ2n) is 1.84. The first-order valence-electron chi connectivity index (χ1n) is 3.16. The molecule has 0 heterocycles. The fourth-order valence-corrected chi connectivity index (χ4v) is 0.566. The van der Waals surface area contributed by atoms with E-state index < -0.39 is 0 Å². The molecule has 0 fully saturated rings. The summed E-state index contributed by atoms with van der Waals surface area (Å²) in [6.45, 7) is 1.76. The van der Waals surface area contributed by atoms with Crippen molar-refractivity contribution in [3.8, 4) is 0 Å². The van der Waals surface area contributed by atoms with Gasteiger partial charge in [0.2, 0.25) is 0 Å². The van der Waals surface area contributed by atoms with Gasteiger partial charge in [0.25, 0.3) is 0 Å². The molecule has 0 spiro atoms. The number of hydrogen-bond donors (Lipinski definition) is 2. The molecule has 10 heavy (non-hydrogen) atoms. The third-order valence-electron chi connectivity index (χ3n) is 1.05. The van der Waals surface area contributed by atoms with Gasteiger partial charge in [-0.05, 0) is 33.0 Å². The van der Waals surface area contributed by atoms with E-state index in [2.05, 4.69) is 10.6 Å². The van der Waals surface area contributed by atoms with Crippen LogP contribution in [0.5, 0.6) is 0 Å². The SMILES string of the molecule is CNCCCCN[C-]=O.[K+]. The Labute approximate surface area is 105 Å². The van der Waals surface area contributed by atoms with Gasteiger partial charge in [-0.2, -0.15) is 6.41 Å². The van der Waals surface area contributed by atoms with E-state index in [1.165, 1.54) is 0 Å². The molecular weight excluding hydrogens is 155 g/mol. The van der Waals surface area contributed by atoms with Crippen LogP contribution in [-0.2, 0) is 4.79 Å². The standard InChI is InChI=1S/C6H13N2O.K/c1-7-4-2-3-5-8-6-9;/h7H,2-5H2,1H3,(H,8,9);/q-1;+1. The van der Waals surface area contributed by atoms with Crippen LogP contribution in [-0.4, -0.2) is 26.5 Å². The largest absolute Gasteiger partial charge is 1.00 e. The monoisotopic (exact) mass is 168 g/mol. The van der Waals surface area contributed by atoms with E-state index in [9.17, 15) is 4.79 Å². The molecule has 0 bridgehead atoms. The first-order valence-corrected chi connectivity index (χ1v) is 3.16. The molecule has 0 unspecified atom stereocenters. The van der Waals surface area contributed by atoms with Crippen molar-refractivity contribution in [2.24, 2.45) is 0 Å². The van der Waals surface area contributed by atoms with E-state index in [-0.39, 0.29) is 51.4 Å². The van der Waals surface area contributed by atoms with Gasteiger partial charge in [0.1, 0.15) is 0 Å². The molecule has 3 nitrogen and oxygen atoms in total. The molecule has 1 amide bonds. The molecule has 0 saturated carbocycles. The van der Waals surface area contributed by atoms with Crippen LogP contribution in [0.1, 0.15) is 12.8 Å². The normalized spacial score (nSPS) is 8.10. The third-order valence-corrected chi connectivity index (χ3v) is 1.05. The van der Waals surface area contributed by atoms with E-state index >= 15 is 0 Å². The number of amides is 1. The maximum absolute atomic E-state index is 9.59. The molecular formula is C6H13KN2O. The molecule has 0 aromatic rings. The summed E-state index contributed by atoms with van der Waals surface area (Å²) in [5.41, 5.74) is 0. The Balaban J connectivity index is 0. The molecule has 0 aromatic carbocycles. The third kappa shape index (κ3) is 11.8. The van der Waals surface area contributed by atoms with Crippen LogP contribution in [0.2, 0.25) is 0 Å². The summed E-state index contributed by atoms with van der Waals surface area (Å²) in [5, 5.41) is 5.49. The zero-order valence-electron chi connectivity index (χ0n) is 6.74. The summed E-state index contributed by atoms with van der Waals surface area (Å²) < 4.78 is 0. The van der Waals surface area contributed by atoms with Crippen molar-refractivity contribution < 1.29 is 56.2 Å². The molecule has 0 saturated heterocycles. The summed E-state index contributed by atoms with van der Waals surface area (Å²) >= 11 is 0. The van der Waals surface area contributed by atoms with Crippen molar-refractivity contribution >= 4 is 6.41 Å². The molecule has 2 N–H and O–H groups in total. The minimum absolute atomic E-state index is 0. The second kappa shape index (κ2) is 12.7. The Hall–Kier alpha value is 1.07. The predicted molar refractivity (Wildman–Crippen MR) is 36.9 cm³/mol. The van der Waals surface area contributed by atoms with E-state index in [1.54, 1.807) is 6.41 Å². The van der Waals surface area contributed by atoms with Gasteiger partial charge in [0.15, 0.2) is 0 Å². The van der Waals surface area contributed by atoms with Crippen molar-refractivity contribution in [1.29, 1.82) is 0 Å². The van der Waals surface area contributed by atoms with Crippen LogP contribution in [0.25, 0.3) is 0 Å². The van der Waals surface area contributed by atoms with Gasteiger partial charge in [0, 0.05) is 0 Å². The molecule has 0 aliphatic rings. The number of unbranched alkanes of at least 4 members (excludes halogenated alkanes) is 1. The van der Waals surface area contributed by atoms with E-state index in [4.69, 9.17) is 0 Å². The van der Waals surface area contributed by atoms with Crippen molar-refractivity contribution in [1.82, 2.24) is 10.6 Å². The van der Waals surface area contributed by atoms with Gasteiger partial charge in [0.05, 0.1) is 0 Å². The summed E-state index contributed by atoms with van der Waals surface area (Å²) in [5.74, 6) is 0. The summed E-state index contributed by atoms with van der Waals surface area (Å²) in [4.78, 5) is 9.59. The molecule has 0 aliphatic carbocycles. The maximum atomic E-state index is 9.59. The summed E-state index contributed by atoms with van der Waals surface area (Å²) in [7, 11) is 1.92. The molecule has 0 radical (unpaired) electrons. The topological polar surface area (TPSA) is 41.1 Å². The maximum Gasteiger partial charge on any atom is 1.00 e. The number of nitrogens with one attached hydrogen (secondary N) is 2. The molecule has 0 aliphatic heterocycles. The first-order chi connectivity index (χ1) is 4.41. The molecule has 0 aromatic heterocycles. The van der Waals surface area contributed by atoms with Crippen LogP contribution < -0.4 is 62.0 Å². The van der Waals surface area contributed by atoms with Crippen molar-refractivity contribution in [3.63, 3.8) is 0 Å². The molecule has 54 valence electrons. The Morgan fingerprint density at radius 3 is 2.40 bits per heavy atom. The van der Waals surface area contributed by atoms with Crippen LogP contribution in [0.4, 0.5) is 0 Å². The Morgan fingerprint density at radius 2 is 1.90 bits per heavy atom. The fraction of sp³-hybridized carbons (Fsp3) is 0.833. The minimum atomic E-state index is 0. The minimum Gasteiger partial charge on any atom is -0.530 e. The van der Waals surface area contributed by atoms with Crippen molar-refractivity contribution in [2.75, 3.05) is 20.1 Å². The van der Waals surface area contributed by atoms with Gasteiger partial charge in [-0.25, -0.2) is 0 Å². The van der Waals surface area contributed by atoms with Gasteiger partial charge in [-0.1, -0.05) is 0 Å². The fourth-order valence-electron chi connectivity index (χ4n) is 0.566. The quantitative estimate of drug-likeness (QED) is 0.188. The van der Waals surface area contributed by atoms with E-state index in [0.29, 0.717) is 0 Å². The van der Waals surface area contributed by atoms with Crippen LogP contribution in [0.15, 0.2) is 0 Å². The van der Waals surface area contributed by atoms with Gasteiger partial charge in [-0.15, -0.1) is 0 Å². The Bertz CT molecular complexity index is 70.8. The van der Waals surface area contributed by atoms with Crippen LogP contribution in [0.3, 0.4) is 0 Å².